The molecule has 0 fully saturated rings. The Morgan fingerprint density at radius 3 is 1.37 bits per heavy atom. The van der Waals surface area contributed by atoms with Crippen molar-refractivity contribution in [3.05, 3.63) is 0 Å². The predicted octanol–water partition coefficient (Wildman–Crippen LogP) is 7.37. The highest BCUT2D eigenvalue weighted by Gasteiger charge is 2.00. The summed E-state index contributed by atoms with van der Waals surface area (Å²) in [5, 5.41) is 0. The molecule has 0 aromatic heterocycles. The van der Waals surface area contributed by atoms with E-state index in [1.165, 1.54) is 83.5 Å². The largest absolute Gasteiger partial charge is 0.0654 e. The normalized spacial score (nSPS) is 14.5. The SMILES string of the molecule is CCCC(C)CCCCCCCCCCC(C)CC. The van der Waals surface area contributed by atoms with E-state index in [1.54, 1.807) is 0 Å². The van der Waals surface area contributed by atoms with Crippen LogP contribution in [0.4, 0.5) is 0 Å². The van der Waals surface area contributed by atoms with Crippen LogP contribution < -0.4 is 0 Å². The maximum Gasteiger partial charge on any atom is -0.0443 e. The fraction of sp³-hybridized carbons (Fsp3) is 1.00. The Balaban J connectivity index is 3.07. The molecule has 0 radical (unpaired) electrons. The summed E-state index contributed by atoms with van der Waals surface area (Å²) < 4.78 is 0. The van der Waals surface area contributed by atoms with E-state index in [4.69, 9.17) is 0 Å². The second-order valence-corrected chi connectivity index (χ2v) is 6.81. The first kappa shape index (κ1) is 19.0. The summed E-state index contributed by atoms with van der Waals surface area (Å²) in [6.07, 6.45) is 18.8. The first-order chi connectivity index (χ1) is 9.20. The Hall–Kier alpha value is 0. The summed E-state index contributed by atoms with van der Waals surface area (Å²) >= 11 is 0. The molecule has 0 aliphatic rings. The molecule has 116 valence electrons. The number of unbranched alkanes of at least 4 members (excludes halogenated alkanes) is 7. The molecule has 0 saturated heterocycles. The maximum absolute atomic E-state index is 2.42. The molecule has 0 N–H and O–H groups in total. The third-order valence-corrected chi connectivity index (χ3v) is 4.62. The first-order valence-electron chi connectivity index (χ1n) is 9.20. The summed E-state index contributed by atoms with van der Waals surface area (Å²) in [6, 6.07) is 0. The Morgan fingerprint density at radius 1 is 0.526 bits per heavy atom. The summed E-state index contributed by atoms with van der Waals surface area (Å²) in [6.45, 7) is 9.42. The van der Waals surface area contributed by atoms with Gasteiger partial charge in [-0.15, -0.1) is 0 Å². The van der Waals surface area contributed by atoms with Gasteiger partial charge in [0.15, 0.2) is 0 Å². The Morgan fingerprint density at radius 2 is 0.947 bits per heavy atom. The molecular weight excluding hydrogens is 228 g/mol. The standard InChI is InChI=1S/C19H40/c1-5-15-19(4)17-14-12-10-8-7-9-11-13-16-18(3)6-2/h18-19H,5-17H2,1-4H3. The molecule has 0 aliphatic carbocycles. The van der Waals surface area contributed by atoms with Gasteiger partial charge < -0.3 is 0 Å². The van der Waals surface area contributed by atoms with Gasteiger partial charge in [0.1, 0.15) is 0 Å². The van der Waals surface area contributed by atoms with E-state index >= 15 is 0 Å². The van der Waals surface area contributed by atoms with Crippen LogP contribution in [0.3, 0.4) is 0 Å². The molecule has 0 amide bonds. The Bertz CT molecular complexity index is 161. The van der Waals surface area contributed by atoms with Crippen molar-refractivity contribution in [2.45, 2.75) is 111 Å². The molecule has 0 heteroatoms. The highest BCUT2D eigenvalue weighted by atomic mass is 14.1. The van der Waals surface area contributed by atoms with Crippen LogP contribution in [-0.4, -0.2) is 0 Å². The van der Waals surface area contributed by atoms with Gasteiger partial charge in [0.25, 0.3) is 0 Å². The van der Waals surface area contributed by atoms with Crippen LogP contribution >= 0.6 is 0 Å². The van der Waals surface area contributed by atoms with Crippen molar-refractivity contribution in [2.75, 3.05) is 0 Å². The van der Waals surface area contributed by atoms with E-state index < -0.39 is 0 Å². The van der Waals surface area contributed by atoms with Gasteiger partial charge in [0.05, 0.1) is 0 Å². The summed E-state index contributed by atoms with van der Waals surface area (Å²) in [7, 11) is 0. The molecule has 0 aromatic carbocycles. The van der Waals surface area contributed by atoms with Crippen molar-refractivity contribution in [3.8, 4) is 0 Å². The van der Waals surface area contributed by atoms with Gasteiger partial charge in [-0.05, 0) is 11.8 Å². The highest BCUT2D eigenvalue weighted by molar-refractivity contribution is 4.54. The molecule has 0 saturated carbocycles. The van der Waals surface area contributed by atoms with Gasteiger partial charge in [0.2, 0.25) is 0 Å². The van der Waals surface area contributed by atoms with Gasteiger partial charge in [-0.1, -0.05) is 111 Å². The van der Waals surface area contributed by atoms with E-state index in [-0.39, 0.29) is 0 Å². The van der Waals surface area contributed by atoms with Crippen LogP contribution in [0.15, 0.2) is 0 Å². The topological polar surface area (TPSA) is 0 Å². The van der Waals surface area contributed by atoms with Gasteiger partial charge in [-0.2, -0.15) is 0 Å². The zero-order valence-corrected chi connectivity index (χ0v) is 14.3. The van der Waals surface area contributed by atoms with Crippen molar-refractivity contribution in [2.24, 2.45) is 11.8 Å². The molecule has 0 bridgehead atoms. The molecule has 0 aliphatic heterocycles. The second kappa shape index (κ2) is 14.4. The monoisotopic (exact) mass is 268 g/mol. The van der Waals surface area contributed by atoms with Gasteiger partial charge in [-0.3, -0.25) is 0 Å². The van der Waals surface area contributed by atoms with Gasteiger partial charge >= 0.3 is 0 Å². The molecule has 2 unspecified atom stereocenters. The van der Waals surface area contributed by atoms with Crippen LogP contribution in [0.25, 0.3) is 0 Å². The Labute approximate surface area is 123 Å². The highest BCUT2D eigenvalue weighted by Crippen LogP contribution is 2.17. The number of hydrogen-bond donors (Lipinski definition) is 0. The lowest BCUT2D eigenvalue weighted by molar-refractivity contribution is 0.446. The Kier molecular flexibility index (Phi) is 14.4. The van der Waals surface area contributed by atoms with Crippen LogP contribution in [0, 0.1) is 11.8 Å². The lowest BCUT2D eigenvalue weighted by atomic mass is 9.97. The molecule has 0 spiro atoms. The van der Waals surface area contributed by atoms with Gasteiger partial charge in [0, 0.05) is 0 Å². The molecule has 19 heavy (non-hydrogen) atoms. The van der Waals surface area contributed by atoms with Crippen molar-refractivity contribution < 1.29 is 0 Å². The van der Waals surface area contributed by atoms with Crippen molar-refractivity contribution in [1.82, 2.24) is 0 Å². The molecule has 2 atom stereocenters. The quantitative estimate of drug-likeness (QED) is 0.288. The lowest BCUT2D eigenvalue weighted by Crippen LogP contribution is -1.93. The minimum atomic E-state index is 0.949. The molecule has 0 rings (SSSR count). The second-order valence-electron chi connectivity index (χ2n) is 6.81. The molecule has 0 heterocycles. The zero-order valence-electron chi connectivity index (χ0n) is 14.3. The van der Waals surface area contributed by atoms with E-state index in [0.29, 0.717) is 0 Å². The van der Waals surface area contributed by atoms with E-state index in [0.717, 1.165) is 11.8 Å². The van der Waals surface area contributed by atoms with Crippen LogP contribution in [0.1, 0.15) is 111 Å². The fourth-order valence-electron chi connectivity index (χ4n) is 2.89. The van der Waals surface area contributed by atoms with Crippen molar-refractivity contribution >= 4 is 0 Å². The summed E-state index contributed by atoms with van der Waals surface area (Å²) in [5.41, 5.74) is 0. The van der Waals surface area contributed by atoms with Crippen LogP contribution in [0.5, 0.6) is 0 Å². The van der Waals surface area contributed by atoms with E-state index in [1.807, 2.05) is 0 Å². The van der Waals surface area contributed by atoms with Crippen LogP contribution in [-0.2, 0) is 0 Å². The lowest BCUT2D eigenvalue weighted by Gasteiger charge is -2.09. The minimum Gasteiger partial charge on any atom is -0.0654 e. The molecular formula is C19H40. The average molecular weight is 269 g/mol. The number of hydrogen-bond acceptors (Lipinski definition) is 0. The zero-order chi connectivity index (χ0) is 14.3. The van der Waals surface area contributed by atoms with Crippen molar-refractivity contribution in [3.63, 3.8) is 0 Å². The fourth-order valence-corrected chi connectivity index (χ4v) is 2.89. The minimum absolute atomic E-state index is 0.949. The first-order valence-corrected chi connectivity index (χ1v) is 9.20. The maximum atomic E-state index is 2.42. The van der Waals surface area contributed by atoms with Crippen molar-refractivity contribution in [1.29, 1.82) is 0 Å². The molecule has 0 aromatic rings. The predicted molar refractivity (Wildman–Crippen MR) is 89.7 cm³/mol. The number of rotatable bonds is 14. The smallest absolute Gasteiger partial charge is 0.0443 e. The average Bonchev–Trinajstić information content (AvgIpc) is 2.40. The van der Waals surface area contributed by atoms with E-state index in [9.17, 15) is 0 Å². The third-order valence-electron chi connectivity index (χ3n) is 4.62. The van der Waals surface area contributed by atoms with E-state index in [2.05, 4.69) is 27.7 Å². The van der Waals surface area contributed by atoms with Gasteiger partial charge in [-0.25, -0.2) is 0 Å². The summed E-state index contributed by atoms with van der Waals surface area (Å²) in [5.74, 6) is 1.91. The molecule has 0 nitrogen and oxygen atoms in total. The summed E-state index contributed by atoms with van der Waals surface area (Å²) in [4.78, 5) is 0. The van der Waals surface area contributed by atoms with Crippen LogP contribution in [0.2, 0.25) is 0 Å². The third kappa shape index (κ3) is 14.2.